The van der Waals surface area contributed by atoms with Gasteiger partial charge in [-0.1, -0.05) is 30.7 Å². The van der Waals surface area contributed by atoms with Gasteiger partial charge in [-0.3, -0.25) is 4.79 Å². The first kappa shape index (κ1) is 14.5. The average molecular weight is 307 g/mol. The predicted molar refractivity (Wildman–Crippen MR) is 82.2 cm³/mol. The maximum atomic E-state index is 12.4. The Balaban J connectivity index is 1.91. The number of hydrazone groups is 1. The van der Waals surface area contributed by atoms with Crippen LogP contribution in [0.5, 0.6) is 0 Å². The fraction of sp³-hybridized carbons (Fsp3) is 0.500. The van der Waals surface area contributed by atoms with E-state index in [1.165, 1.54) is 5.01 Å². The van der Waals surface area contributed by atoms with Crippen LogP contribution in [0.15, 0.2) is 29.4 Å². The highest BCUT2D eigenvalue weighted by atomic mass is 35.5. The van der Waals surface area contributed by atoms with Gasteiger partial charge in [-0.25, -0.2) is 5.01 Å². The van der Waals surface area contributed by atoms with Crippen molar-refractivity contribution < 1.29 is 9.90 Å². The SMILES string of the molecule is CCC(O)CN1N=C(c2ccc(Cl)cc2)[C@H]2CC[C@@H]2C1=O. The van der Waals surface area contributed by atoms with Crippen LogP contribution in [0, 0.1) is 11.8 Å². The van der Waals surface area contributed by atoms with E-state index >= 15 is 0 Å². The minimum Gasteiger partial charge on any atom is -0.391 e. The summed E-state index contributed by atoms with van der Waals surface area (Å²) in [5.74, 6) is 0.294. The van der Waals surface area contributed by atoms with E-state index in [0.717, 1.165) is 24.1 Å². The normalized spacial score (nSPS) is 26.0. The van der Waals surface area contributed by atoms with Gasteiger partial charge in [-0.2, -0.15) is 5.10 Å². The molecule has 1 saturated carbocycles. The Morgan fingerprint density at radius 2 is 2.00 bits per heavy atom. The molecule has 0 radical (unpaired) electrons. The highest BCUT2D eigenvalue weighted by molar-refractivity contribution is 6.30. The van der Waals surface area contributed by atoms with Crippen molar-refractivity contribution in [3.05, 3.63) is 34.9 Å². The number of aliphatic hydroxyl groups is 1. The van der Waals surface area contributed by atoms with Crippen LogP contribution in [0.1, 0.15) is 31.7 Å². The molecular weight excluding hydrogens is 288 g/mol. The van der Waals surface area contributed by atoms with E-state index < -0.39 is 6.10 Å². The maximum Gasteiger partial charge on any atom is 0.246 e. The number of nitrogens with zero attached hydrogens (tertiary/aromatic N) is 2. The molecule has 4 nitrogen and oxygen atoms in total. The molecule has 5 heteroatoms. The summed E-state index contributed by atoms with van der Waals surface area (Å²) in [4.78, 5) is 12.4. The first-order valence-corrected chi connectivity index (χ1v) is 7.81. The zero-order valence-electron chi connectivity index (χ0n) is 12.0. The highest BCUT2D eigenvalue weighted by Gasteiger charge is 2.45. The van der Waals surface area contributed by atoms with Gasteiger partial charge in [0.1, 0.15) is 0 Å². The van der Waals surface area contributed by atoms with Crippen molar-refractivity contribution in [3.63, 3.8) is 0 Å². The lowest BCUT2D eigenvalue weighted by atomic mass is 9.68. The molecule has 0 bridgehead atoms. The Hall–Kier alpha value is -1.39. The standard InChI is InChI=1S/C16H19ClN2O2/c1-2-12(20)9-19-16(21)14-8-7-13(14)15(18-19)10-3-5-11(17)6-4-10/h3-6,12-14,20H,2,7-9H2,1H3/t12?,13-,14-/m0/s1. The van der Waals surface area contributed by atoms with Gasteiger partial charge in [0.05, 0.1) is 18.4 Å². The summed E-state index contributed by atoms with van der Waals surface area (Å²) in [5, 5.41) is 16.5. The minimum absolute atomic E-state index is 0.0252. The summed E-state index contributed by atoms with van der Waals surface area (Å²) in [6.07, 6.45) is 2.00. The fourth-order valence-electron chi connectivity index (χ4n) is 2.92. The molecule has 1 aliphatic carbocycles. The topological polar surface area (TPSA) is 52.9 Å². The van der Waals surface area contributed by atoms with Crippen molar-refractivity contribution in [2.24, 2.45) is 16.9 Å². The van der Waals surface area contributed by atoms with Crippen LogP contribution in [-0.2, 0) is 4.79 Å². The van der Waals surface area contributed by atoms with Crippen molar-refractivity contribution >= 4 is 23.2 Å². The van der Waals surface area contributed by atoms with E-state index in [9.17, 15) is 9.90 Å². The van der Waals surface area contributed by atoms with E-state index in [4.69, 9.17) is 11.6 Å². The first-order chi connectivity index (χ1) is 10.1. The van der Waals surface area contributed by atoms with E-state index in [0.29, 0.717) is 11.4 Å². The van der Waals surface area contributed by atoms with Gasteiger partial charge in [-0.15, -0.1) is 0 Å². The first-order valence-electron chi connectivity index (χ1n) is 7.44. The number of hydrogen-bond acceptors (Lipinski definition) is 3. The number of halogens is 1. The van der Waals surface area contributed by atoms with Crippen LogP contribution in [-0.4, -0.2) is 34.4 Å². The van der Waals surface area contributed by atoms with Crippen LogP contribution >= 0.6 is 11.6 Å². The predicted octanol–water partition coefficient (Wildman–Crippen LogP) is 2.68. The van der Waals surface area contributed by atoms with E-state index in [-0.39, 0.29) is 24.3 Å². The molecule has 1 fully saturated rings. The molecule has 112 valence electrons. The molecule has 1 aromatic rings. The molecule has 1 aromatic carbocycles. The van der Waals surface area contributed by atoms with Crippen molar-refractivity contribution in [1.82, 2.24) is 5.01 Å². The smallest absolute Gasteiger partial charge is 0.246 e. The molecular formula is C16H19ClN2O2. The average Bonchev–Trinajstić information content (AvgIpc) is 2.43. The van der Waals surface area contributed by atoms with Gasteiger partial charge in [0.25, 0.3) is 0 Å². The van der Waals surface area contributed by atoms with Gasteiger partial charge < -0.3 is 5.11 Å². The van der Waals surface area contributed by atoms with Gasteiger partial charge >= 0.3 is 0 Å². The molecule has 1 aliphatic heterocycles. The second-order valence-electron chi connectivity index (χ2n) is 5.76. The van der Waals surface area contributed by atoms with E-state index in [1.54, 1.807) is 0 Å². The summed E-state index contributed by atoms with van der Waals surface area (Å²) < 4.78 is 0. The molecule has 0 spiro atoms. The number of carbonyl (C=O) groups excluding carboxylic acids is 1. The number of benzene rings is 1. The van der Waals surface area contributed by atoms with E-state index in [2.05, 4.69) is 5.10 Å². The number of carbonyl (C=O) groups is 1. The summed E-state index contributed by atoms with van der Waals surface area (Å²) in [6.45, 7) is 2.17. The van der Waals surface area contributed by atoms with Crippen LogP contribution in [0.2, 0.25) is 5.02 Å². The molecule has 0 aromatic heterocycles. The lowest BCUT2D eigenvalue weighted by molar-refractivity contribution is -0.142. The molecule has 2 aliphatic rings. The second kappa shape index (κ2) is 5.78. The molecule has 1 N–H and O–H groups in total. The Morgan fingerprint density at radius 3 is 2.57 bits per heavy atom. The molecule has 1 heterocycles. The zero-order valence-corrected chi connectivity index (χ0v) is 12.8. The van der Waals surface area contributed by atoms with Gasteiger partial charge in [0, 0.05) is 16.9 Å². The molecule has 0 saturated heterocycles. The van der Waals surface area contributed by atoms with Crippen molar-refractivity contribution in [2.75, 3.05) is 6.54 Å². The van der Waals surface area contributed by atoms with Crippen LogP contribution in [0.25, 0.3) is 0 Å². The summed E-state index contributed by atoms with van der Waals surface area (Å²) >= 11 is 5.93. The monoisotopic (exact) mass is 306 g/mol. The van der Waals surface area contributed by atoms with E-state index in [1.807, 2.05) is 31.2 Å². The van der Waals surface area contributed by atoms with Crippen LogP contribution < -0.4 is 0 Å². The van der Waals surface area contributed by atoms with Crippen molar-refractivity contribution in [2.45, 2.75) is 32.3 Å². The van der Waals surface area contributed by atoms with Crippen molar-refractivity contribution in [1.29, 1.82) is 0 Å². The molecule has 1 amide bonds. The van der Waals surface area contributed by atoms with Crippen LogP contribution in [0.4, 0.5) is 0 Å². The Kier molecular flexibility index (Phi) is 4.00. The second-order valence-corrected chi connectivity index (χ2v) is 6.20. The Morgan fingerprint density at radius 1 is 1.33 bits per heavy atom. The summed E-state index contributed by atoms with van der Waals surface area (Å²) in [6, 6.07) is 7.57. The number of rotatable bonds is 4. The number of fused-ring (bicyclic) bond motifs is 1. The zero-order chi connectivity index (χ0) is 15.0. The summed E-state index contributed by atoms with van der Waals surface area (Å²) in [5.41, 5.74) is 1.96. The number of β-amino-alcohol motifs (C(OH)–C–C–N with tert-alkyl or cyclic N) is 1. The number of aliphatic hydroxyl groups excluding tert-OH is 1. The Bertz CT molecular complexity index is 570. The van der Waals surface area contributed by atoms with Gasteiger partial charge in [0.2, 0.25) is 5.91 Å². The number of amides is 1. The molecule has 1 unspecified atom stereocenters. The van der Waals surface area contributed by atoms with Crippen LogP contribution in [0.3, 0.4) is 0 Å². The third-order valence-electron chi connectivity index (χ3n) is 4.42. The van der Waals surface area contributed by atoms with Crippen molar-refractivity contribution in [3.8, 4) is 0 Å². The highest BCUT2D eigenvalue weighted by Crippen LogP contribution is 2.41. The largest absolute Gasteiger partial charge is 0.391 e. The lowest BCUT2D eigenvalue weighted by Gasteiger charge is -2.43. The third-order valence-corrected chi connectivity index (χ3v) is 4.67. The van der Waals surface area contributed by atoms with Gasteiger partial charge in [-0.05, 0) is 37.0 Å². The number of hydrogen-bond donors (Lipinski definition) is 1. The fourth-order valence-corrected chi connectivity index (χ4v) is 3.05. The maximum absolute atomic E-state index is 12.4. The molecule has 3 atom stereocenters. The lowest BCUT2D eigenvalue weighted by Crippen LogP contribution is -2.51. The quantitative estimate of drug-likeness (QED) is 0.930. The summed E-state index contributed by atoms with van der Waals surface area (Å²) in [7, 11) is 0. The van der Waals surface area contributed by atoms with Gasteiger partial charge in [0.15, 0.2) is 0 Å². The third kappa shape index (κ3) is 2.70. The molecule has 3 rings (SSSR count). The molecule has 21 heavy (non-hydrogen) atoms. The minimum atomic E-state index is -0.527. The Labute approximate surface area is 129 Å².